The summed E-state index contributed by atoms with van der Waals surface area (Å²) in [5, 5.41) is 0. The Morgan fingerprint density at radius 2 is 1.53 bits per heavy atom. The highest BCUT2D eigenvalue weighted by atomic mass is 19.3. The van der Waals surface area contributed by atoms with Gasteiger partial charge in [0.05, 0.1) is 18.6 Å². The lowest BCUT2D eigenvalue weighted by Gasteiger charge is -2.33. The molecular formula is C33H35F7O3. The molecule has 43 heavy (non-hydrogen) atoms. The number of hydrogen-bond acceptors (Lipinski definition) is 3. The zero-order valence-corrected chi connectivity index (χ0v) is 24.1. The third-order valence-electron chi connectivity index (χ3n) is 7.86. The van der Waals surface area contributed by atoms with E-state index in [1.54, 1.807) is 13.2 Å². The van der Waals surface area contributed by atoms with Crippen molar-refractivity contribution < 1.29 is 44.9 Å². The number of unbranched alkanes of at least 4 members (excludes halogenated alkanes) is 1. The first-order valence-corrected chi connectivity index (χ1v) is 14.4. The second-order valence-corrected chi connectivity index (χ2v) is 11.0. The van der Waals surface area contributed by atoms with Crippen molar-refractivity contribution in [1.82, 2.24) is 0 Å². The smallest absolute Gasteiger partial charge is 0.400 e. The molecule has 10 heteroatoms. The van der Waals surface area contributed by atoms with Crippen LogP contribution >= 0.6 is 0 Å². The van der Waals surface area contributed by atoms with Gasteiger partial charge in [-0.1, -0.05) is 25.5 Å². The van der Waals surface area contributed by atoms with E-state index in [2.05, 4.69) is 6.92 Å². The van der Waals surface area contributed by atoms with Gasteiger partial charge in [-0.3, -0.25) is 0 Å². The zero-order chi connectivity index (χ0) is 31.1. The lowest BCUT2D eigenvalue weighted by molar-refractivity contribution is -0.222. The van der Waals surface area contributed by atoms with Crippen molar-refractivity contribution in [3.05, 3.63) is 88.7 Å². The van der Waals surface area contributed by atoms with Crippen LogP contribution in [0, 0.1) is 35.0 Å². The van der Waals surface area contributed by atoms with E-state index >= 15 is 13.2 Å². The van der Waals surface area contributed by atoms with Gasteiger partial charge in [0.2, 0.25) is 0 Å². The van der Waals surface area contributed by atoms with Crippen molar-refractivity contribution in [2.24, 2.45) is 5.92 Å². The summed E-state index contributed by atoms with van der Waals surface area (Å²) in [7, 11) is 1.58. The van der Waals surface area contributed by atoms with Crippen LogP contribution in [0.5, 0.6) is 5.75 Å². The maximum Gasteiger partial charge on any atom is 0.400 e. The molecule has 0 heterocycles. The van der Waals surface area contributed by atoms with Gasteiger partial charge in [0.1, 0.15) is 17.4 Å². The summed E-state index contributed by atoms with van der Waals surface area (Å²) in [6.07, 6.45) is -0.649. The van der Waals surface area contributed by atoms with Crippen LogP contribution in [-0.4, -0.2) is 32.5 Å². The SMILES string of the molecule is CCCCOC(COC)Cc1ccc(C2CCC(C(F)(F)Oc3ccc(-c4cc(F)c(F)c(F)c4)c(F)c3)CC2)c(F)c1. The fourth-order valence-corrected chi connectivity index (χ4v) is 5.52. The third-order valence-corrected chi connectivity index (χ3v) is 7.86. The molecule has 234 valence electrons. The second-order valence-electron chi connectivity index (χ2n) is 11.0. The molecule has 3 aromatic carbocycles. The standard InChI is InChI=1S/C33H35F7O3/c1-3-4-13-42-25(19-41-2)14-20-5-11-26(28(34)15-20)21-6-8-23(9-7-21)33(39,40)43-24-10-12-27(29(35)18-24)22-16-30(36)32(38)31(37)17-22/h5,10-12,15-18,21,23,25H,3-4,6-9,13-14,19H2,1-2H3. The highest BCUT2D eigenvalue weighted by molar-refractivity contribution is 5.65. The second kappa shape index (κ2) is 14.6. The fraction of sp³-hybridized carbons (Fsp3) is 0.455. The molecule has 1 unspecified atom stereocenters. The van der Waals surface area contributed by atoms with Gasteiger partial charge in [-0.15, -0.1) is 0 Å². The Labute approximate surface area is 247 Å². The number of rotatable bonds is 13. The average Bonchev–Trinajstić information content (AvgIpc) is 2.96. The topological polar surface area (TPSA) is 27.7 Å². The van der Waals surface area contributed by atoms with Gasteiger partial charge >= 0.3 is 6.11 Å². The Morgan fingerprint density at radius 1 is 0.837 bits per heavy atom. The largest absolute Gasteiger partial charge is 0.432 e. The molecule has 3 nitrogen and oxygen atoms in total. The van der Waals surface area contributed by atoms with Gasteiger partial charge in [-0.25, -0.2) is 22.0 Å². The summed E-state index contributed by atoms with van der Waals surface area (Å²) in [5.74, 6) is -8.03. The molecule has 1 aliphatic carbocycles. The first-order valence-electron chi connectivity index (χ1n) is 14.4. The number of hydrogen-bond donors (Lipinski definition) is 0. The minimum Gasteiger partial charge on any atom is -0.432 e. The lowest BCUT2D eigenvalue weighted by Crippen LogP contribution is -2.37. The molecule has 3 aromatic rings. The molecule has 0 amide bonds. The van der Waals surface area contributed by atoms with Crippen molar-refractivity contribution in [3.8, 4) is 16.9 Å². The van der Waals surface area contributed by atoms with E-state index in [-0.39, 0.29) is 41.8 Å². The summed E-state index contributed by atoms with van der Waals surface area (Å²) in [6.45, 7) is 3.05. The summed E-state index contributed by atoms with van der Waals surface area (Å²) in [5.41, 5.74) is 0.649. The van der Waals surface area contributed by atoms with Crippen LogP contribution in [-0.2, 0) is 15.9 Å². The molecule has 1 saturated carbocycles. The Balaban J connectivity index is 1.36. The molecule has 0 bridgehead atoms. The van der Waals surface area contributed by atoms with Gasteiger partial charge < -0.3 is 14.2 Å². The first kappa shape index (κ1) is 32.8. The molecule has 0 saturated heterocycles. The van der Waals surface area contributed by atoms with Gasteiger partial charge in [-0.05, 0) is 85.0 Å². The molecule has 1 aliphatic rings. The van der Waals surface area contributed by atoms with Gasteiger partial charge in [-0.2, -0.15) is 8.78 Å². The van der Waals surface area contributed by atoms with E-state index in [9.17, 15) is 17.6 Å². The zero-order valence-electron chi connectivity index (χ0n) is 24.1. The molecule has 0 radical (unpaired) electrons. The van der Waals surface area contributed by atoms with E-state index in [4.69, 9.17) is 14.2 Å². The van der Waals surface area contributed by atoms with Crippen molar-refractivity contribution in [1.29, 1.82) is 0 Å². The first-order chi connectivity index (χ1) is 20.5. The fourth-order valence-electron chi connectivity index (χ4n) is 5.52. The average molecular weight is 613 g/mol. The van der Waals surface area contributed by atoms with Crippen LogP contribution in [0.3, 0.4) is 0 Å². The minimum atomic E-state index is -3.64. The van der Waals surface area contributed by atoms with E-state index < -0.39 is 41.0 Å². The van der Waals surface area contributed by atoms with Crippen LogP contribution in [0.4, 0.5) is 30.7 Å². The Hall–Kier alpha value is -3.11. The summed E-state index contributed by atoms with van der Waals surface area (Å²) in [4.78, 5) is 0. The maximum atomic E-state index is 15.1. The van der Waals surface area contributed by atoms with E-state index in [0.717, 1.165) is 30.5 Å². The predicted octanol–water partition coefficient (Wildman–Crippen LogP) is 9.37. The summed E-state index contributed by atoms with van der Waals surface area (Å²) >= 11 is 0. The Bertz CT molecular complexity index is 1350. The van der Waals surface area contributed by atoms with Crippen LogP contribution in [0.15, 0.2) is 48.5 Å². The summed E-state index contributed by atoms with van der Waals surface area (Å²) < 4.78 is 116. The number of methoxy groups -OCH3 is 1. The molecular weight excluding hydrogens is 577 g/mol. The summed E-state index contributed by atoms with van der Waals surface area (Å²) in [6, 6.07) is 9.02. The predicted molar refractivity (Wildman–Crippen MR) is 149 cm³/mol. The molecule has 0 spiro atoms. The molecule has 0 aliphatic heterocycles. The Kier molecular flexibility index (Phi) is 11.1. The maximum absolute atomic E-state index is 15.1. The number of alkyl halides is 2. The van der Waals surface area contributed by atoms with Crippen molar-refractivity contribution in [2.45, 2.75) is 70.0 Å². The van der Waals surface area contributed by atoms with Crippen LogP contribution in [0.2, 0.25) is 0 Å². The van der Waals surface area contributed by atoms with Crippen LogP contribution in [0.25, 0.3) is 11.1 Å². The van der Waals surface area contributed by atoms with E-state index in [1.807, 2.05) is 6.07 Å². The highest BCUT2D eigenvalue weighted by Crippen LogP contribution is 2.44. The van der Waals surface area contributed by atoms with E-state index in [0.29, 0.717) is 56.2 Å². The molecule has 0 N–H and O–H groups in total. The quantitative estimate of drug-likeness (QED) is 0.109. The lowest BCUT2D eigenvalue weighted by atomic mass is 9.78. The molecule has 1 atom stereocenters. The third kappa shape index (κ3) is 8.29. The number of halogens is 7. The van der Waals surface area contributed by atoms with Crippen LogP contribution in [0.1, 0.15) is 62.5 Å². The van der Waals surface area contributed by atoms with Crippen LogP contribution < -0.4 is 4.74 Å². The van der Waals surface area contributed by atoms with Crippen molar-refractivity contribution in [3.63, 3.8) is 0 Å². The van der Waals surface area contributed by atoms with Crippen molar-refractivity contribution >= 4 is 0 Å². The molecule has 1 fully saturated rings. The molecule has 0 aromatic heterocycles. The minimum absolute atomic E-state index is 0.0642. The highest BCUT2D eigenvalue weighted by Gasteiger charge is 2.44. The van der Waals surface area contributed by atoms with Gasteiger partial charge in [0.15, 0.2) is 17.5 Å². The monoisotopic (exact) mass is 612 g/mol. The Morgan fingerprint density at radius 3 is 2.14 bits per heavy atom. The normalized spacial score (nSPS) is 18.1. The van der Waals surface area contributed by atoms with Crippen molar-refractivity contribution in [2.75, 3.05) is 20.3 Å². The van der Waals surface area contributed by atoms with E-state index in [1.165, 1.54) is 6.07 Å². The molecule has 4 rings (SSSR count). The van der Waals surface area contributed by atoms with Gasteiger partial charge in [0.25, 0.3) is 0 Å². The number of ether oxygens (including phenoxy) is 3. The number of benzene rings is 3. The van der Waals surface area contributed by atoms with Gasteiger partial charge in [0, 0.05) is 31.8 Å².